The average molecular weight is 283 g/mol. The van der Waals surface area contributed by atoms with Gasteiger partial charge in [0.1, 0.15) is 5.82 Å². The number of carbonyl (C=O) groups is 1. The van der Waals surface area contributed by atoms with E-state index >= 15 is 0 Å². The number of aromatic nitrogens is 1. The summed E-state index contributed by atoms with van der Waals surface area (Å²) in [6.45, 7) is 1.97. The number of aldehydes is 1. The van der Waals surface area contributed by atoms with E-state index in [4.69, 9.17) is 4.98 Å². The van der Waals surface area contributed by atoms with Crippen molar-refractivity contribution in [3.63, 3.8) is 0 Å². The molecule has 2 heterocycles. The number of hydrogen-bond acceptors (Lipinski definition) is 4. The second-order valence-corrected chi connectivity index (χ2v) is 5.96. The van der Waals surface area contributed by atoms with Gasteiger partial charge in [0.15, 0.2) is 6.29 Å². The molecule has 21 heavy (non-hydrogen) atoms. The van der Waals surface area contributed by atoms with Gasteiger partial charge >= 0.3 is 0 Å². The van der Waals surface area contributed by atoms with Gasteiger partial charge in [0.2, 0.25) is 0 Å². The predicted molar refractivity (Wildman–Crippen MR) is 86.1 cm³/mol. The first-order chi connectivity index (χ1) is 10.2. The first-order valence-corrected chi connectivity index (χ1v) is 7.45. The fraction of sp³-hybridized carbons (Fsp3) is 0.412. The van der Waals surface area contributed by atoms with E-state index in [1.807, 2.05) is 30.3 Å². The van der Waals surface area contributed by atoms with Crippen molar-refractivity contribution in [3.05, 3.63) is 35.9 Å². The van der Waals surface area contributed by atoms with Gasteiger partial charge in [-0.1, -0.05) is 18.2 Å². The number of likely N-dealkylation sites (N-methyl/N-ethyl adjacent to an activating group) is 1. The summed E-state index contributed by atoms with van der Waals surface area (Å²) >= 11 is 0. The molecular formula is C17H21N3O. The van der Waals surface area contributed by atoms with Crippen LogP contribution < -0.4 is 4.90 Å². The van der Waals surface area contributed by atoms with Crippen molar-refractivity contribution in [1.29, 1.82) is 0 Å². The minimum atomic E-state index is 0.437. The first kappa shape index (κ1) is 14.0. The fourth-order valence-electron chi connectivity index (χ4n) is 3.16. The zero-order chi connectivity index (χ0) is 14.8. The van der Waals surface area contributed by atoms with Crippen LogP contribution >= 0.6 is 0 Å². The van der Waals surface area contributed by atoms with Crippen LogP contribution in [0.1, 0.15) is 23.2 Å². The summed E-state index contributed by atoms with van der Waals surface area (Å²) < 4.78 is 0. The molecule has 4 heteroatoms. The lowest BCUT2D eigenvalue weighted by Crippen LogP contribution is -2.38. The van der Waals surface area contributed by atoms with Crippen LogP contribution in [0, 0.1) is 0 Å². The Bertz CT molecular complexity index is 654. The van der Waals surface area contributed by atoms with E-state index in [1.54, 1.807) is 0 Å². The smallest absolute Gasteiger partial charge is 0.153 e. The lowest BCUT2D eigenvalue weighted by Gasteiger charge is -2.29. The van der Waals surface area contributed by atoms with Gasteiger partial charge < -0.3 is 9.80 Å². The molecule has 1 saturated heterocycles. The highest BCUT2D eigenvalue weighted by atomic mass is 16.1. The van der Waals surface area contributed by atoms with Crippen LogP contribution in [0.15, 0.2) is 30.3 Å². The van der Waals surface area contributed by atoms with Crippen molar-refractivity contribution in [2.24, 2.45) is 0 Å². The van der Waals surface area contributed by atoms with Gasteiger partial charge in [0.25, 0.3) is 0 Å². The summed E-state index contributed by atoms with van der Waals surface area (Å²) in [4.78, 5) is 20.7. The van der Waals surface area contributed by atoms with E-state index in [0.29, 0.717) is 11.6 Å². The topological polar surface area (TPSA) is 36.4 Å². The van der Waals surface area contributed by atoms with Crippen LogP contribution in [-0.2, 0) is 0 Å². The van der Waals surface area contributed by atoms with Gasteiger partial charge in [0.05, 0.1) is 11.1 Å². The van der Waals surface area contributed by atoms with Crippen LogP contribution in [-0.4, -0.2) is 49.4 Å². The third kappa shape index (κ3) is 2.76. The molecule has 2 aromatic rings. The summed E-state index contributed by atoms with van der Waals surface area (Å²) in [7, 11) is 4.18. The monoisotopic (exact) mass is 283 g/mol. The highest BCUT2D eigenvalue weighted by molar-refractivity contribution is 5.91. The van der Waals surface area contributed by atoms with E-state index in [0.717, 1.165) is 48.9 Å². The molecule has 0 radical (unpaired) electrons. The third-order valence-corrected chi connectivity index (χ3v) is 4.08. The Kier molecular flexibility index (Phi) is 3.88. The summed E-state index contributed by atoms with van der Waals surface area (Å²) in [5.41, 5.74) is 1.65. The predicted octanol–water partition coefficient (Wildman–Crippen LogP) is 2.58. The van der Waals surface area contributed by atoms with Crippen molar-refractivity contribution in [1.82, 2.24) is 9.88 Å². The molecule has 1 unspecified atom stereocenters. The molecule has 1 aliphatic rings. The number of nitrogens with zero attached hydrogens (tertiary/aromatic N) is 3. The maximum atomic E-state index is 11.5. The molecule has 1 aromatic carbocycles. The molecule has 1 fully saturated rings. The van der Waals surface area contributed by atoms with Crippen LogP contribution in [0.25, 0.3) is 10.9 Å². The van der Waals surface area contributed by atoms with E-state index in [1.165, 1.54) is 0 Å². The molecule has 0 spiro atoms. The number of para-hydroxylation sites is 1. The minimum Gasteiger partial charge on any atom is -0.352 e. The van der Waals surface area contributed by atoms with Gasteiger partial charge in [0, 0.05) is 24.5 Å². The van der Waals surface area contributed by atoms with Gasteiger partial charge in [-0.05, 0) is 39.1 Å². The standard InChI is InChI=1S/C17H21N3O/c1-19(2)11-15-7-5-9-20(15)17-14(12-21)10-13-6-3-4-8-16(13)18-17/h3-4,6,8,10,12,15H,5,7,9,11H2,1-2H3. The zero-order valence-electron chi connectivity index (χ0n) is 12.6. The maximum Gasteiger partial charge on any atom is 0.153 e. The second-order valence-electron chi connectivity index (χ2n) is 5.96. The fourth-order valence-corrected chi connectivity index (χ4v) is 3.16. The molecule has 1 atom stereocenters. The summed E-state index contributed by atoms with van der Waals surface area (Å²) in [6.07, 6.45) is 3.25. The number of hydrogen-bond donors (Lipinski definition) is 0. The molecule has 1 aliphatic heterocycles. The van der Waals surface area contributed by atoms with Crippen molar-refractivity contribution in [2.75, 3.05) is 32.1 Å². The number of carbonyl (C=O) groups excluding carboxylic acids is 1. The Morgan fingerprint density at radius 3 is 2.95 bits per heavy atom. The Labute approximate surface area is 125 Å². The Hall–Kier alpha value is -1.94. The van der Waals surface area contributed by atoms with Crippen LogP contribution in [0.5, 0.6) is 0 Å². The van der Waals surface area contributed by atoms with Gasteiger partial charge in [-0.3, -0.25) is 4.79 Å². The van der Waals surface area contributed by atoms with Crippen LogP contribution in [0.3, 0.4) is 0 Å². The third-order valence-electron chi connectivity index (χ3n) is 4.08. The normalized spacial score (nSPS) is 18.6. The lowest BCUT2D eigenvalue weighted by atomic mass is 10.1. The average Bonchev–Trinajstić information content (AvgIpc) is 2.93. The second kappa shape index (κ2) is 5.82. The van der Waals surface area contributed by atoms with E-state index in [9.17, 15) is 4.79 Å². The summed E-state index contributed by atoms with van der Waals surface area (Å²) in [5, 5.41) is 1.02. The largest absolute Gasteiger partial charge is 0.352 e. The highest BCUT2D eigenvalue weighted by Crippen LogP contribution is 2.29. The molecule has 3 rings (SSSR count). The molecular weight excluding hydrogens is 262 g/mol. The van der Waals surface area contributed by atoms with E-state index in [2.05, 4.69) is 23.9 Å². The molecule has 0 amide bonds. The zero-order valence-corrected chi connectivity index (χ0v) is 12.6. The molecule has 0 saturated carbocycles. The van der Waals surface area contributed by atoms with E-state index in [-0.39, 0.29) is 0 Å². The minimum absolute atomic E-state index is 0.437. The van der Waals surface area contributed by atoms with Crippen LogP contribution in [0.2, 0.25) is 0 Å². The van der Waals surface area contributed by atoms with Crippen molar-refractivity contribution in [2.45, 2.75) is 18.9 Å². The maximum absolute atomic E-state index is 11.5. The number of fused-ring (bicyclic) bond motifs is 1. The Balaban J connectivity index is 2.03. The molecule has 4 nitrogen and oxygen atoms in total. The molecule has 0 aliphatic carbocycles. The van der Waals surface area contributed by atoms with Crippen molar-refractivity contribution < 1.29 is 4.79 Å². The number of pyridine rings is 1. The lowest BCUT2D eigenvalue weighted by molar-refractivity contribution is 0.112. The van der Waals surface area contributed by atoms with Gasteiger partial charge in [-0.25, -0.2) is 4.98 Å². The quantitative estimate of drug-likeness (QED) is 0.808. The number of benzene rings is 1. The SMILES string of the molecule is CN(C)CC1CCCN1c1nc2ccccc2cc1C=O. The van der Waals surface area contributed by atoms with E-state index < -0.39 is 0 Å². The Morgan fingerprint density at radius 1 is 1.38 bits per heavy atom. The summed E-state index contributed by atoms with van der Waals surface area (Å²) in [5.74, 6) is 0.841. The molecule has 1 aromatic heterocycles. The Morgan fingerprint density at radius 2 is 2.19 bits per heavy atom. The van der Waals surface area contributed by atoms with Gasteiger partial charge in [-0.2, -0.15) is 0 Å². The molecule has 110 valence electrons. The first-order valence-electron chi connectivity index (χ1n) is 7.45. The molecule has 0 N–H and O–H groups in total. The molecule has 0 bridgehead atoms. The number of rotatable bonds is 4. The number of anilines is 1. The van der Waals surface area contributed by atoms with Crippen LogP contribution in [0.4, 0.5) is 5.82 Å². The highest BCUT2D eigenvalue weighted by Gasteiger charge is 2.28. The van der Waals surface area contributed by atoms with Crippen molar-refractivity contribution >= 4 is 23.0 Å². The van der Waals surface area contributed by atoms with Crippen molar-refractivity contribution in [3.8, 4) is 0 Å². The van der Waals surface area contributed by atoms with Gasteiger partial charge in [-0.15, -0.1) is 0 Å². The summed E-state index contributed by atoms with van der Waals surface area (Å²) in [6, 6.07) is 10.4.